The van der Waals surface area contributed by atoms with Crippen LogP contribution < -0.4 is 9.46 Å². The van der Waals surface area contributed by atoms with E-state index < -0.39 is 61.2 Å². The summed E-state index contributed by atoms with van der Waals surface area (Å²) < 4.78 is 109. The number of amides is 1. The first kappa shape index (κ1) is 26.8. The molecule has 3 rings (SSSR count). The topological polar surface area (TPSA) is 103 Å². The van der Waals surface area contributed by atoms with Crippen molar-refractivity contribution in [2.45, 2.75) is 17.4 Å². The van der Waals surface area contributed by atoms with Gasteiger partial charge < -0.3 is 4.74 Å². The Kier molecular flexibility index (Phi) is 7.19. The van der Waals surface area contributed by atoms with Crippen LogP contribution in [0.25, 0.3) is 5.69 Å². The van der Waals surface area contributed by atoms with Crippen LogP contribution in [-0.4, -0.2) is 35.7 Å². The molecular weight excluding hydrogens is 577 g/mol. The van der Waals surface area contributed by atoms with E-state index in [1.807, 2.05) is 0 Å². The second-order valence-corrected chi connectivity index (χ2v) is 9.27. The first-order valence-corrected chi connectivity index (χ1v) is 11.2. The molecule has 8 nitrogen and oxygen atoms in total. The van der Waals surface area contributed by atoms with Gasteiger partial charge in [0.15, 0.2) is 11.4 Å². The van der Waals surface area contributed by atoms with E-state index in [2.05, 4.69) is 15.0 Å². The smallest absolute Gasteiger partial charge is 0.406 e. The summed E-state index contributed by atoms with van der Waals surface area (Å²) in [5.41, 5.74) is -3.99. The van der Waals surface area contributed by atoms with Crippen molar-refractivity contribution in [3.8, 4) is 11.4 Å². The lowest BCUT2D eigenvalue weighted by atomic mass is 10.2. The number of aromatic nitrogens is 3. The number of alkyl halides is 6. The molecule has 0 aliphatic heterocycles. The molecular formula is C17H7Cl3F6N4O4S. The van der Waals surface area contributed by atoms with Gasteiger partial charge in [-0.05, 0) is 30.3 Å². The summed E-state index contributed by atoms with van der Waals surface area (Å²) in [6.45, 7) is 0. The number of nitrogens with one attached hydrogen (secondary N) is 1. The van der Waals surface area contributed by atoms with Gasteiger partial charge in [0, 0.05) is 11.1 Å². The predicted molar refractivity (Wildman–Crippen MR) is 109 cm³/mol. The van der Waals surface area contributed by atoms with Crippen molar-refractivity contribution >= 4 is 50.7 Å². The summed E-state index contributed by atoms with van der Waals surface area (Å²) >= 11 is 17.3. The highest BCUT2D eigenvalue weighted by Crippen LogP contribution is 2.36. The zero-order valence-corrected chi connectivity index (χ0v) is 19.3. The summed E-state index contributed by atoms with van der Waals surface area (Å²) in [6.07, 6.45) is -10.4. The highest BCUT2D eigenvalue weighted by Gasteiger charge is 2.43. The standard InChI is InChI=1S/C17H7Cl3F6N4O4S/c18-7-1-3-9(19)12(5-7)35(32,33)28-15(31)13-14(16(21,22)23)30(29-27-13)11-4-2-8(6-10(11)20)34-17(24,25)26/h1-6H,(H,28,31). The number of rotatable bonds is 5. The molecule has 0 aliphatic rings. The number of carbonyl (C=O) groups is 1. The molecule has 35 heavy (non-hydrogen) atoms. The van der Waals surface area contributed by atoms with Crippen LogP contribution in [-0.2, 0) is 16.2 Å². The number of hydrogen-bond acceptors (Lipinski definition) is 6. The Labute approximate surface area is 206 Å². The monoisotopic (exact) mass is 582 g/mol. The van der Waals surface area contributed by atoms with Crippen LogP contribution >= 0.6 is 34.8 Å². The van der Waals surface area contributed by atoms with Gasteiger partial charge in [-0.15, -0.1) is 18.3 Å². The first-order chi connectivity index (χ1) is 16.0. The molecule has 0 spiro atoms. The molecule has 0 saturated heterocycles. The number of carbonyl (C=O) groups excluding carboxylic acids is 1. The van der Waals surface area contributed by atoms with Gasteiger partial charge in [0.05, 0.1) is 15.7 Å². The molecule has 1 N–H and O–H groups in total. The second-order valence-electron chi connectivity index (χ2n) is 6.37. The van der Waals surface area contributed by atoms with Gasteiger partial charge in [-0.3, -0.25) is 4.79 Å². The molecule has 2 aromatic carbocycles. The fourth-order valence-electron chi connectivity index (χ4n) is 2.62. The van der Waals surface area contributed by atoms with E-state index in [0.29, 0.717) is 18.2 Å². The van der Waals surface area contributed by atoms with Crippen LogP contribution in [0.4, 0.5) is 26.3 Å². The molecule has 0 aliphatic carbocycles. The van der Waals surface area contributed by atoms with Gasteiger partial charge >= 0.3 is 12.5 Å². The van der Waals surface area contributed by atoms with Crippen molar-refractivity contribution in [2.75, 3.05) is 0 Å². The minimum atomic E-state index is -5.35. The lowest BCUT2D eigenvalue weighted by Gasteiger charge is -2.14. The Hall–Kier alpha value is -2.75. The lowest BCUT2D eigenvalue weighted by Crippen LogP contribution is -2.33. The molecule has 1 heterocycles. The number of benzene rings is 2. The van der Waals surface area contributed by atoms with E-state index in [1.54, 1.807) is 0 Å². The normalized spacial score (nSPS) is 12.5. The van der Waals surface area contributed by atoms with Gasteiger partial charge in [0.1, 0.15) is 10.6 Å². The van der Waals surface area contributed by atoms with Crippen molar-refractivity contribution in [3.05, 3.63) is 62.9 Å². The summed E-state index contributed by atoms with van der Waals surface area (Å²) in [5.74, 6) is -2.69. The molecule has 0 atom stereocenters. The van der Waals surface area contributed by atoms with Gasteiger partial charge in [0.2, 0.25) is 0 Å². The molecule has 3 aromatic rings. The Morgan fingerprint density at radius 3 is 2.20 bits per heavy atom. The quantitative estimate of drug-likeness (QED) is 0.411. The second kappa shape index (κ2) is 9.37. The van der Waals surface area contributed by atoms with Crippen molar-refractivity contribution in [3.63, 3.8) is 0 Å². The number of nitrogens with zero attached hydrogens (tertiary/aromatic N) is 3. The van der Waals surface area contributed by atoms with Crippen LogP contribution in [0.2, 0.25) is 15.1 Å². The minimum Gasteiger partial charge on any atom is -0.406 e. The molecule has 0 fully saturated rings. The zero-order valence-electron chi connectivity index (χ0n) is 16.2. The van der Waals surface area contributed by atoms with Crippen molar-refractivity contribution in [2.24, 2.45) is 0 Å². The third-order valence-electron chi connectivity index (χ3n) is 3.94. The van der Waals surface area contributed by atoms with E-state index in [9.17, 15) is 39.6 Å². The largest absolute Gasteiger partial charge is 0.573 e. The highest BCUT2D eigenvalue weighted by atomic mass is 35.5. The maximum absolute atomic E-state index is 13.8. The van der Waals surface area contributed by atoms with E-state index in [0.717, 1.165) is 12.1 Å². The summed E-state index contributed by atoms with van der Waals surface area (Å²) in [5, 5.41) is 5.08. The molecule has 1 aromatic heterocycles. The maximum Gasteiger partial charge on any atom is 0.573 e. The van der Waals surface area contributed by atoms with Crippen LogP contribution in [0, 0.1) is 0 Å². The predicted octanol–water partition coefficient (Wildman–Crippen LogP) is 5.26. The lowest BCUT2D eigenvalue weighted by molar-refractivity contribution is -0.274. The first-order valence-electron chi connectivity index (χ1n) is 8.60. The van der Waals surface area contributed by atoms with Crippen molar-refractivity contribution < 1.29 is 44.3 Å². The molecule has 188 valence electrons. The Balaban J connectivity index is 2.04. The Morgan fingerprint density at radius 1 is 0.971 bits per heavy atom. The summed E-state index contributed by atoms with van der Waals surface area (Å²) in [4.78, 5) is 11.8. The van der Waals surface area contributed by atoms with Gasteiger partial charge in [-0.25, -0.2) is 17.8 Å². The zero-order chi connectivity index (χ0) is 26.3. The van der Waals surface area contributed by atoms with E-state index in [1.165, 1.54) is 10.8 Å². The van der Waals surface area contributed by atoms with Gasteiger partial charge in [-0.1, -0.05) is 40.0 Å². The molecule has 0 bridgehead atoms. The number of halogens is 9. The molecule has 0 saturated carbocycles. The molecule has 1 amide bonds. The average Bonchev–Trinajstić information content (AvgIpc) is 3.14. The van der Waals surface area contributed by atoms with E-state index >= 15 is 0 Å². The Morgan fingerprint density at radius 2 is 1.63 bits per heavy atom. The molecule has 0 unspecified atom stereocenters. The molecule has 0 radical (unpaired) electrons. The van der Waals surface area contributed by atoms with Crippen LogP contribution in [0.5, 0.6) is 5.75 Å². The third-order valence-corrected chi connectivity index (χ3v) is 6.29. The number of hydrogen-bond donors (Lipinski definition) is 1. The van der Waals surface area contributed by atoms with E-state index in [-0.39, 0.29) is 14.7 Å². The van der Waals surface area contributed by atoms with Crippen molar-refractivity contribution in [1.29, 1.82) is 0 Å². The van der Waals surface area contributed by atoms with E-state index in [4.69, 9.17) is 34.8 Å². The van der Waals surface area contributed by atoms with Crippen molar-refractivity contribution in [1.82, 2.24) is 19.7 Å². The van der Waals surface area contributed by atoms with Gasteiger partial charge in [-0.2, -0.15) is 13.2 Å². The van der Waals surface area contributed by atoms with Crippen LogP contribution in [0.3, 0.4) is 0 Å². The highest BCUT2D eigenvalue weighted by molar-refractivity contribution is 7.90. The average molecular weight is 584 g/mol. The maximum atomic E-state index is 13.8. The molecule has 18 heteroatoms. The Bertz CT molecular complexity index is 1410. The fourth-order valence-corrected chi connectivity index (χ4v) is 4.59. The number of sulfonamides is 1. The van der Waals surface area contributed by atoms with Gasteiger partial charge in [0.25, 0.3) is 15.9 Å². The SMILES string of the molecule is O=C(NS(=O)(=O)c1cc(Cl)ccc1Cl)c1nnn(-c2ccc(OC(F)(F)F)cc2Cl)c1C(F)(F)F. The summed E-state index contributed by atoms with van der Waals surface area (Å²) in [6, 6.07) is 5.05. The third kappa shape index (κ3) is 6.09. The van der Waals surface area contributed by atoms with Crippen LogP contribution in [0.1, 0.15) is 16.2 Å². The number of ether oxygens (including phenoxy) is 1. The van der Waals surface area contributed by atoms with Crippen LogP contribution in [0.15, 0.2) is 41.3 Å². The minimum absolute atomic E-state index is 0.00754. The fraction of sp³-hybridized carbons (Fsp3) is 0.118. The summed E-state index contributed by atoms with van der Waals surface area (Å²) in [7, 11) is -4.82.